The summed E-state index contributed by atoms with van der Waals surface area (Å²) in [4.78, 5) is 49.8. The monoisotopic (exact) mass is 444 g/mol. The van der Waals surface area contributed by atoms with Crippen molar-refractivity contribution < 1.29 is 23.6 Å². The molecule has 0 bridgehead atoms. The molecule has 2 aromatic carbocycles. The van der Waals surface area contributed by atoms with Crippen LogP contribution < -0.4 is 16.0 Å². The summed E-state index contributed by atoms with van der Waals surface area (Å²) >= 11 is 5.70. The molecule has 8 nitrogen and oxygen atoms in total. The van der Waals surface area contributed by atoms with Gasteiger partial charge >= 0.3 is 6.03 Å². The van der Waals surface area contributed by atoms with Gasteiger partial charge in [-0.3, -0.25) is 19.7 Å². The highest BCUT2D eigenvalue weighted by Crippen LogP contribution is 2.28. The average molecular weight is 445 g/mol. The number of imide groups is 1. The molecule has 1 atom stereocenters. The molecule has 10 heteroatoms. The Labute approximate surface area is 181 Å². The smallest absolute Gasteiger partial charge is 0.319 e. The van der Waals surface area contributed by atoms with Crippen molar-refractivity contribution in [3.63, 3.8) is 0 Å². The molecule has 2 aliphatic rings. The van der Waals surface area contributed by atoms with Gasteiger partial charge < -0.3 is 15.5 Å². The van der Waals surface area contributed by atoms with Crippen LogP contribution in [0, 0.1) is 5.82 Å². The van der Waals surface area contributed by atoms with Crippen LogP contribution in [0.1, 0.15) is 34.3 Å². The first-order valence-electron chi connectivity index (χ1n) is 9.59. The Morgan fingerprint density at radius 3 is 2.81 bits per heavy atom. The highest BCUT2D eigenvalue weighted by Gasteiger charge is 2.39. The topological polar surface area (TPSA) is 108 Å². The van der Waals surface area contributed by atoms with Crippen molar-refractivity contribution in [1.29, 1.82) is 0 Å². The van der Waals surface area contributed by atoms with Crippen LogP contribution in [0.25, 0.3) is 0 Å². The van der Waals surface area contributed by atoms with E-state index in [9.17, 15) is 23.6 Å². The van der Waals surface area contributed by atoms with Crippen molar-refractivity contribution in [1.82, 2.24) is 15.5 Å². The van der Waals surface area contributed by atoms with E-state index in [1.54, 1.807) is 18.2 Å². The van der Waals surface area contributed by atoms with E-state index >= 15 is 0 Å². The van der Waals surface area contributed by atoms with Crippen LogP contribution in [-0.4, -0.2) is 34.7 Å². The van der Waals surface area contributed by atoms with Gasteiger partial charge in [0.1, 0.15) is 6.04 Å². The number of nitrogens with zero attached hydrogens (tertiary/aromatic N) is 1. The van der Waals surface area contributed by atoms with Gasteiger partial charge in [-0.2, -0.15) is 0 Å². The van der Waals surface area contributed by atoms with Crippen molar-refractivity contribution in [3.8, 4) is 0 Å². The zero-order valence-corrected chi connectivity index (χ0v) is 17.0. The van der Waals surface area contributed by atoms with Gasteiger partial charge in [-0.05, 0) is 35.7 Å². The van der Waals surface area contributed by atoms with Crippen LogP contribution in [0.4, 0.5) is 14.9 Å². The molecule has 1 fully saturated rings. The van der Waals surface area contributed by atoms with E-state index in [0.29, 0.717) is 17.5 Å². The Bertz CT molecular complexity index is 1110. The molecule has 160 valence electrons. The second kappa shape index (κ2) is 8.35. The number of piperidine rings is 1. The van der Waals surface area contributed by atoms with Crippen LogP contribution in [0.3, 0.4) is 0 Å². The van der Waals surface area contributed by atoms with Gasteiger partial charge in [-0.25, -0.2) is 9.18 Å². The summed E-state index contributed by atoms with van der Waals surface area (Å²) in [5.41, 5.74) is 1.84. The number of rotatable bonds is 4. The third-order valence-electron chi connectivity index (χ3n) is 5.25. The predicted molar refractivity (Wildman–Crippen MR) is 110 cm³/mol. The van der Waals surface area contributed by atoms with Crippen LogP contribution in [0.2, 0.25) is 5.02 Å². The van der Waals surface area contributed by atoms with Crippen molar-refractivity contribution in [3.05, 3.63) is 63.9 Å². The fourth-order valence-electron chi connectivity index (χ4n) is 3.66. The SMILES string of the molecule is O=C1CCC(N2Cc3ccc(CNC(=O)Nc4cccc(Cl)c4F)cc3C2=O)C(=O)N1. The Morgan fingerprint density at radius 2 is 2.03 bits per heavy atom. The quantitative estimate of drug-likeness (QED) is 0.630. The van der Waals surface area contributed by atoms with Gasteiger partial charge in [0.05, 0.1) is 10.7 Å². The highest BCUT2D eigenvalue weighted by atomic mass is 35.5. The number of hydrogen-bond acceptors (Lipinski definition) is 4. The van der Waals surface area contributed by atoms with E-state index in [1.165, 1.54) is 23.1 Å². The molecular weight excluding hydrogens is 427 g/mol. The van der Waals surface area contributed by atoms with Gasteiger partial charge in [0.15, 0.2) is 5.82 Å². The molecule has 2 aliphatic heterocycles. The van der Waals surface area contributed by atoms with E-state index in [4.69, 9.17) is 11.6 Å². The number of carbonyl (C=O) groups excluding carboxylic acids is 4. The summed E-state index contributed by atoms with van der Waals surface area (Å²) < 4.78 is 13.9. The van der Waals surface area contributed by atoms with Crippen LogP contribution in [0.5, 0.6) is 0 Å². The largest absolute Gasteiger partial charge is 0.334 e. The minimum absolute atomic E-state index is 0.0472. The third kappa shape index (κ3) is 4.22. The molecule has 0 aromatic heterocycles. The molecule has 2 heterocycles. The molecule has 0 spiro atoms. The summed E-state index contributed by atoms with van der Waals surface area (Å²) in [5.74, 6) is -1.83. The summed E-state index contributed by atoms with van der Waals surface area (Å²) in [5, 5.41) is 7.15. The number of anilines is 1. The minimum atomic E-state index is -0.726. The Hall–Kier alpha value is -3.46. The number of nitrogens with one attached hydrogen (secondary N) is 3. The van der Waals surface area contributed by atoms with Crippen molar-refractivity contribution >= 4 is 41.0 Å². The molecule has 0 saturated carbocycles. The van der Waals surface area contributed by atoms with E-state index in [-0.39, 0.29) is 42.0 Å². The maximum Gasteiger partial charge on any atom is 0.319 e. The van der Waals surface area contributed by atoms with Gasteiger partial charge in [0, 0.05) is 25.1 Å². The molecule has 5 amide bonds. The van der Waals surface area contributed by atoms with Crippen LogP contribution in [0.15, 0.2) is 36.4 Å². The molecule has 1 saturated heterocycles. The number of hydrogen-bond donors (Lipinski definition) is 3. The Balaban J connectivity index is 1.40. The Morgan fingerprint density at radius 1 is 1.23 bits per heavy atom. The predicted octanol–water partition coefficient (Wildman–Crippen LogP) is 2.56. The van der Waals surface area contributed by atoms with Gasteiger partial charge in [-0.15, -0.1) is 0 Å². The molecule has 31 heavy (non-hydrogen) atoms. The summed E-state index contributed by atoms with van der Waals surface area (Å²) in [6.07, 6.45) is 0.479. The number of fused-ring (bicyclic) bond motifs is 1. The van der Waals surface area contributed by atoms with E-state index < -0.39 is 23.8 Å². The lowest BCUT2D eigenvalue weighted by Gasteiger charge is -2.29. The van der Waals surface area contributed by atoms with Crippen molar-refractivity contribution in [2.45, 2.75) is 32.0 Å². The molecule has 4 rings (SSSR count). The minimum Gasteiger partial charge on any atom is -0.334 e. The van der Waals surface area contributed by atoms with E-state index in [2.05, 4.69) is 16.0 Å². The van der Waals surface area contributed by atoms with Crippen molar-refractivity contribution in [2.24, 2.45) is 0 Å². The van der Waals surface area contributed by atoms with E-state index in [0.717, 1.165) is 5.56 Å². The lowest BCUT2D eigenvalue weighted by molar-refractivity contribution is -0.136. The summed E-state index contributed by atoms with van der Waals surface area (Å²) in [7, 11) is 0. The molecule has 0 aliphatic carbocycles. The maximum absolute atomic E-state index is 13.9. The molecule has 0 radical (unpaired) electrons. The van der Waals surface area contributed by atoms with Crippen molar-refractivity contribution in [2.75, 3.05) is 5.32 Å². The van der Waals surface area contributed by atoms with Gasteiger partial charge in [-0.1, -0.05) is 29.8 Å². The zero-order valence-electron chi connectivity index (χ0n) is 16.2. The number of amides is 5. The van der Waals surface area contributed by atoms with Gasteiger partial charge in [0.2, 0.25) is 11.8 Å². The lowest BCUT2D eigenvalue weighted by Crippen LogP contribution is -2.52. The molecule has 2 aromatic rings. The van der Waals surface area contributed by atoms with E-state index in [1.807, 2.05) is 0 Å². The number of benzene rings is 2. The number of carbonyl (C=O) groups is 4. The third-order valence-corrected chi connectivity index (χ3v) is 5.54. The highest BCUT2D eigenvalue weighted by molar-refractivity contribution is 6.31. The number of halogens is 2. The van der Waals surface area contributed by atoms with Crippen LogP contribution >= 0.6 is 11.6 Å². The second-order valence-electron chi connectivity index (χ2n) is 7.30. The average Bonchev–Trinajstić information content (AvgIpc) is 3.06. The first kappa shape index (κ1) is 20.8. The standard InChI is InChI=1S/C21H18ClFN4O4/c22-14-2-1-3-15(18(14)23)25-21(31)24-9-11-4-5-12-10-27(20(30)13(12)8-11)16-6-7-17(28)26-19(16)29/h1-5,8,16H,6-7,9-10H2,(H2,24,25,31)(H,26,28,29). The molecule has 3 N–H and O–H groups in total. The first-order chi connectivity index (χ1) is 14.8. The van der Waals surface area contributed by atoms with Gasteiger partial charge in [0.25, 0.3) is 5.91 Å². The fourth-order valence-corrected chi connectivity index (χ4v) is 3.84. The summed E-state index contributed by atoms with van der Waals surface area (Å²) in [6.45, 7) is 0.385. The maximum atomic E-state index is 13.9. The second-order valence-corrected chi connectivity index (χ2v) is 7.71. The molecule has 1 unspecified atom stereocenters. The first-order valence-corrected chi connectivity index (χ1v) is 9.96. The fraction of sp³-hybridized carbons (Fsp3) is 0.238. The summed E-state index contributed by atoms with van der Waals surface area (Å²) in [6, 6.07) is 8.16. The molecular formula is C21H18ClFN4O4. The number of urea groups is 1. The normalized spacial score (nSPS) is 17.9. The Kier molecular flexibility index (Phi) is 5.60. The van der Waals surface area contributed by atoms with Crippen LogP contribution in [-0.2, 0) is 22.7 Å². The zero-order chi connectivity index (χ0) is 22.1. The lowest BCUT2D eigenvalue weighted by atomic mass is 10.0.